The molecule has 0 bridgehead atoms. The van der Waals surface area contributed by atoms with Gasteiger partial charge in [-0.1, -0.05) is 19.3 Å². The number of hydrogen-bond acceptors (Lipinski definition) is 3. The van der Waals surface area contributed by atoms with Gasteiger partial charge < -0.3 is 5.32 Å². The number of fused-ring (bicyclic) bond motifs is 1. The summed E-state index contributed by atoms with van der Waals surface area (Å²) in [6.45, 7) is 2.41. The highest BCUT2D eigenvalue weighted by Crippen LogP contribution is 2.42. The highest BCUT2D eigenvalue weighted by atomic mass is 32.1. The van der Waals surface area contributed by atoms with Gasteiger partial charge in [0.2, 0.25) is 0 Å². The SMILES string of the molecule is CC(CC1CCC1)(NC1CC1)c1nc2c(s1)CCC2. The molecule has 3 heteroatoms. The Hall–Kier alpha value is -0.410. The summed E-state index contributed by atoms with van der Waals surface area (Å²) < 4.78 is 0. The standard InChI is InChI=1S/C16H24N2S/c1-16(18-12-8-9-12,10-11-4-2-5-11)15-17-13-6-3-7-14(13)19-15/h11-12,18H,2-10H2,1H3. The van der Waals surface area contributed by atoms with Crippen molar-refractivity contribution in [2.24, 2.45) is 5.92 Å². The fraction of sp³-hybridized carbons (Fsp3) is 0.812. The lowest BCUT2D eigenvalue weighted by molar-refractivity contribution is 0.201. The van der Waals surface area contributed by atoms with E-state index in [0.29, 0.717) is 0 Å². The summed E-state index contributed by atoms with van der Waals surface area (Å²) in [5, 5.41) is 5.30. The maximum Gasteiger partial charge on any atom is 0.113 e. The molecule has 0 amide bonds. The van der Waals surface area contributed by atoms with Gasteiger partial charge in [-0.05, 0) is 51.4 Å². The fourth-order valence-corrected chi connectivity index (χ4v) is 4.86. The summed E-state index contributed by atoms with van der Waals surface area (Å²) >= 11 is 2.00. The molecule has 19 heavy (non-hydrogen) atoms. The van der Waals surface area contributed by atoms with Crippen molar-refractivity contribution >= 4 is 11.3 Å². The molecule has 1 aromatic rings. The van der Waals surface area contributed by atoms with Gasteiger partial charge in [-0.2, -0.15) is 0 Å². The molecule has 0 aromatic carbocycles. The third kappa shape index (κ3) is 2.36. The molecule has 2 fully saturated rings. The smallest absolute Gasteiger partial charge is 0.113 e. The number of aromatic nitrogens is 1. The molecule has 0 radical (unpaired) electrons. The molecule has 2 saturated carbocycles. The second-order valence-electron chi connectivity index (χ2n) is 6.99. The normalized spacial score (nSPS) is 25.9. The van der Waals surface area contributed by atoms with Gasteiger partial charge in [0.1, 0.15) is 5.01 Å². The molecule has 0 saturated heterocycles. The Kier molecular flexibility index (Phi) is 2.96. The molecule has 0 aliphatic heterocycles. The molecule has 0 spiro atoms. The third-order valence-corrected chi connectivity index (χ3v) is 6.51. The Bertz CT molecular complexity index is 452. The number of nitrogens with one attached hydrogen (secondary N) is 1. The number of aryl methyl sites for hydroxylation is 2. The van der Waals surface area contributed by atoms with Crippen molar-refractivity contribution in [1.82, 2.24) is 10.3 Å². The maximum atomic E-state index is 5.01. The van der Waals surface area contributed by atoms with Gasteiger partial charge in [-0.3, -0.25) is 0 Å². The summed E-state index contributed by atoms with van der Waals surface area (Å²) in [5.41, 5.74) is 1.57. The lowest BCUT2D eigenvalue weighted by atomic mass is 9.76. The summed E-state index contributed by atoms with van der Waals surface area (Å²) in [4.78, 5) is 6.59. The maximum absolute atomic E-state index is 5.01. The monoisotopic (exact) mass is 276 g/mol. The van der Waals surface area contributed by atoms with Crippen LogP contribution < -0.4 is 5.32 Å². The molecule has 104 valence electrons. The van der Waals surface area contributed by atoms with Crippen LogP contribution in [0.4, 0.5) is 0 Å². The average molecular weight is 276 g/mol. The summed E-state index contributed by atoms with van der Waals surface area (Å²) in [5.74, 6) is 0.940. The van der Waals surface area contributed by atoms with Crippen molar-refractivity contribution in [2.75, 3.05) is 0 Å². The first-order valence-corrected chi connectivity index (χ1v) is 8.81. The van der Waals surface area contributed by atoms with E-state index in [1.807, 2.05) is 11.3 Å². The third-order valence-electron chi connectivity index (χ3n) is 5.09. The lowest BCUT2D eigenvalue weighted by Gasteiger charge is -2.36. The number of rotatable bonds is 5. The zero-order valence-electron chi connectivity index (χ0n) is 11.9. The topological polar surface area (TPSA) is 24.9 Å². The minimum absolute atomic E-state index is 0.154. The van der Waals surface area contributed by atoms with Crippen LogP contribution in [-0.2, 0) is 18.4 Å². The zero-order chi connectivity index (χ0) is 12.9. The van der Waals surface area contributed by atoms with Crippen LogP contribution in [0.25, 0.3) is 0 Å². The van der Waals surface area contributed by atoms with Crippen LogP contribution in [0.5, 0.6) is 0 Å². The molecule has 1 N–H and O–H groups in total. The Labute approximate surface area is 120 Å². The quantitative estimate of drug-likeness (QED) is 0.885. The molecule has 1 atom stereocenters. The Morgan fingerprint density at radius 1 is 1.21 bits per heavy atom. The second-order valence-corrected chi connectivity index (χ2v) is 8.08. The number of thiazole rings is 1. The Morgan fingerprint density at radius 3 is 2.68 bits per heavy atom. The first-order valence-electron chi connectivity index (χ1n) is 8.00. The minimum atomic E-state index is 0.154. The van der Waals surface area contributed by atoms with E-state index in [0.717, 1.165) is 12.0 Å². The van der Waals surface area contributed by atoms with Crippen LogP contribution in [-0.4, -0.2) is 11.0 Å². The van der Waals surface area contributed by atoms with Crippen molar-refractivity contribution < 1.29 is 0 Å². The van der Waals surface area contributed by atoms with Crippen molar-refractivity contribution in [3.05, 3.63) is 15.6 Å². The van der Waals surface area contributed by atoms with Gasteiger partial charge in [0.15, 0.2) is 0 Å². The highest BCUT2D eigenvalue weighted by molar-refractivity contribution is 7.12. The Balaban J connectivity index is 1.59. The predicted octanol–water partition coefficient (Wildman–Crippen LogP) is 3.79. The van der Waals surface area contributed by atoms with Crippen LogP contribution in [0.2, 0.25) is 0 Å². The van der Waals surface area contributed by atoms with Crippen LogP contribution in [0.15, 0.2) is 0 Å². The number of hydrogen-bond donors (Lipinski definition) is 1. The highest BCUT2D eigenvalue weighted by Gasteiger charge is 2.39. The zero-order valence-corrected chi connectivity index (χ0v) is 12.7. The lowest BCUT2D eigenvalue weighted by Crippen LogP contribution is -2.43. The van der Waals surface area contributed by atoms with Crippen LogP contribution in [0.3, 0.4) is 0 Å². The van der Waals surface area contributed by atoms with Gasteiger partial charge in [-0.25, -0.2) is 4.98 Å². The molecule has 3 aliphatic rings. The molecular formula is C16H24N2S. The van der Waals surface area contributed by atoms with E-state index in [9.17, 15) is 0 Å². The van der Waals surface area contributed by atoms with E-state index in [4.69, 9.17) is 4.98 Å². The first kappa shape index (κ1) is 12.3. The molecule has 1 heterocycles. The van der Waals surface area contributed by atoms with Gasteiger partial charge in [0.05, 0.1) is 11.2 Å². The summed E-state index contributed by atoms with van der Waals surface area (Å²) in [7, 11) is 0. The van der Waals surface area contributed by atoms with E-state index in [2.05, 4.69) is 12.2 Å². The van der Waals surface area contributed by atoms with E-state index < -0.39 is 0 Å². The second kappa shape index (κ2) is 4.56. The first-order chi connectivity index (χ1) is 9.23. The molecule has 1 aromatic heterocycles. The predicted molar refractivity (Wildman–Crippen MR) is 79.6 cm³/mol. The van der Waals surface area contributed by atoms with Crippen molar-refractivity contribution in [2.45, 2.75) is 76.3 Å². The fourth-order valence-electron chi connectivity index (χ4n) is 3.59. The Morgan fingerprint density at radius 2 is 2.05 bits per heavy atom. The average Bonchev–Trinajstić information content (AvgIpc) is 2.87. The molecule has 2 nitrogen and oxygen atoms in total. The molecular weight excluding hydrogens is 252 g/mol. The van der Waals surface area contributed by atoms with Crippen molar-refractivity contribution in [3.8, 4) is 0 Å². The number of nitrogens with zero attached hydrogens (tertiary/aromatic N) is 1. The van der Waals surface area contributed by atoms with Crippen LogP contribution >= 0.6 is 11.3 Å². The molecule has 1 unspecified atom stereocenters. The largest absolute Gasteiger partial charge is 0.303 e. The minimum Gasteiger partial charge on any atom is -0.303 e. The summed E-state index contributed by atoms with van der Waals surface area (Å²) in [6.07, 6.45) is 12.2. The van der Waals surface area contributed by atoms with E-state index in [1.54, 1.807) is 4.88 Å². The van der Waals surface area contributed by atoms with Gasteiger partial charge in [0, 0.05) is 10.9 Å². The van der Waals surface area contributed by atoms with E-state index in [-0.39, 0.29) is 5.54 Å². The van der Waals surface area contributed by atoms with Crippen molar-refractivity contribution in [1.29, 1.82) is 0 Å². The summed E-state index contributed by atoms with van der Waals surface area (Å²) in [6, 6.07) is 0.767. The van der Waals surface area contributed by atoms with Gasteiger partial charge in [0.25, 0.3) is 0 Å². The van der Waals surface area contributed by atoms with Crippen LogP contribution in [0, 0.1) is 5.92 Å². The van der Waals surface area contributed by atoms with Gasteiger partial charge in [-0.15, -0.1) is 11.3 Å². The molecule has 3 aliphatic carbocycles. The van der Waals surface area contributed by atoms with Gasteiger partial charge >= 0.3 is 0 Å². The van der Waals surface area contributed by atoms with Crippen LogP contribution in [0.1, 0.15) is 67.4 Å². The molecule has 4 rings (SSSR count). The van der Waals surface area contributed by atoms with E-state index in [1.165, 1.54) is 68.5 Å². The van der Waals surface area contributed by atoms with Crippen molar-refractivity contribution in [3.63, 3.8) is 0 Å². The van der Waals surface area contributed by atoms with E-state index >= 15 is 0 Å².